The van der Waals surface area contributed by atoms with Crippen LogP contribution in [0.2, 0.25) is 0 Å². The molecule has 1 aromatic carbocycles. The summed E-state index contributed by atoms with van der Waals surface area (Å²) in [5.41, 5.74) is 1.35. The molecule has 1 aromatic rings. The molecule has 0 N–H and O–H groups in total. The number of carbonyl (C=O) groups is 2. The smallest absolute Gasteiger partial charge is 0.261 e. The minimum Gasteiger partial charge on any atom is -0.479 e. The average molecular weight is 256 g/mol. The van der Waals surface area contributed by atoms with Gasteiger partial charge in [-0.25, -0.2) is 4.90 Å². The fourth-order valence-corrected chi connectivity index (χ4v) is 1.81. The lowest BCUT2D eigenvalue weighted by molar-refractivity contribution is -0.120. The Bertz CT molecular complexity index is 602. The van der Waals surface area contributed by atoms with Crippen LogP contribution in [-0.4, -0.2) is 18.4 Å². The summed E-state index contributed by atoms with van der Waals surface area (Å²) < 4.78 is 5.16. The first kappa shape index (κ1) is 12.8. The number of rotatable bonds is 3. The van der Waals surface area contributed by atoms with Crippen LogP contribution in [0.4, 0.5) is 5.69 Å². The molecule has 0 bridgehead atoms. The van der Waals surface area contributed by atoms with Crippen molar-refractivity contribution in [2.75, 3.05) is 11.5 Å². The summed E-state index contributed by atoms with van der Waals surface area (Å²) in [7, 11) is 0. The lowest BCUT2D eigenvalue weighted by Gasteiger charge is -2.15. The van der Waals surface area contributed by atoms with Crippen molar-refractivity contribution in [2.24, 2.45) is 0 Å². The lowest BCUT2D eigenvalue weighted by Crippen LogP contribution is -2.31. The minimum atomic E-state index is -0.320. The highest BCUT2D eigenvalue weighted by Crippen LogP contribution is 2.28. The van der Waals surface area contributed by atoms with E-state index in [-0.39, 0.29) is 18.4 Å². The largest absolute Gasteiger partial charge is 0.479 e. The first-order chi connectivity index (χ1) is 9.06. The van der Waals surface area contributed by atoms with E-state index in [9.17, 15) is 9.59 Å². The zero-order chi connectivity index (χ0) is 14.0. The Morgan fingerprint density at radius 1 is 1.21 bits per heavy atom. The standard InChI is InChI=1S/C14H12N2O3/c1-9-10(2)14(18)16(13(9)17)11-4-3-5-12(8-11)19-7-6-15/h3-5,8H,7H2,1-2H3. The molecule has 5 nitrogen and oxygen atoms in total. The molecule has 0 atom stereocenters. The highest BCUT2D eigenvalue weighted by molar-refractivity contribution is 6.32. The van der Waals surface area contributed by atoms with Gasteiger partial charge in [-0.15, -0.1) is 0 Å². The Balaban J connectivity index is 2.32. The van der Waals surface area contributed by atoms with Gasteiger partial charge in [0.1, 0.15) is 11.8 Å². The van der Waals surface area contributed by atoms with Gasteiger partial charge in [-0.2, -0.15) is 5.26 Å². The SMILES string of the molecule is CC1=C(C)C(=O)N(c2cccc(OCC#N)c2)C1=O. The zero-order valence-electron chi connectivity index (χ0n) is 10.6. The molecule has 0 fully saturated rings. The third kappa shape index (κ3) is 2.20. The highest BCUT2D eigenvalue weighted by atomic mass is 16.5. The summed E-state index contributed by atoms with van der Waals surface area (Å²) in [6.07, 6.45) is 0. The molecular formula is C14H12N2O3. The molecule has 0 saturated carbocycles. The van der Waals surface area contributed by atoms with E-state index in [0.717, 1.165) is 4.90 Å². The molecular weight excluding hydrogens is 244 g/mol. The first-order valence-electron chi connectivity index (χ1n) is 5.72. The van der Waals surface area contributed by atoms with Gasteiger partial charge in [0.2, 0.25) is 0 Å². The van der Waals surface area contributed by atoms with Crippen molar-refractivity contribution >= 4 is 17.5 Å². The second-order valence-corrected chi connectivity index (χ2v) is 4.14. The number of hydrogen-bond donors (Lipinski definition) is 0. The number of nitrogens with zero attached hydrogens (tertiary/aromatic N) is 2. The summed E-state index contributed by atoms with van der Waals surface area (Å²) in [6, 6.07) is 8.42. The molecule has 2 amide bonds. The van der Waals surface area contributed by atoms with Crippen molar-refractivity contribution in [3.8, 4) is 11.8 Å². The van der Waals surface area contributed by atoms with E-state index >= 15 is 0 Å². The van der Waals surface area contributed by atoms with Gasteiger partial charge in [-0.3, -0.25) is 9.59 Å². The maximum Gasteiger partial charge on any atom is 0.261 e. The van der Waals surface area contributed by atoms with E-state index in [2.05, 4.69) is 0 Å². The lowest BCUT2D eigenvalue weighted by atomic mass is 10.2. The number of amides is 2. The number of ether oxygens (including phenoxy) is 1. The molecule has 0 saturated heterocycles. The van der Waals surface area contributed by atoms with Crippen molar-refractivity contribution in [1.29, 1.82) is 5.26 Å². The number of imide groups is 1. The van der Waals surface area contributed by atoms with Crippen LogP contribution >= 0.6 is 0 Å². The fourth-order valence-electron chi connectivity index (χ4n) is 1.81. The van der Waals surface area contributed by atoms with Gasteiger partial charge >= 0.3 is 0 Å². The molecule has 19 heavy (non-hydrogen) atoms. The Labute approximate surface area is 110 Å². The van der Waals surface area contributed by atoms with Gasteiger partial charge in [-0.05, 0) is 26.0 Å². The second kappa shape index (κ2) is 4.94. The first-order valence-corrected chi connectivity index (χ1v) is 5.72. The van der Waals surface area contributed by atoms with Gasteiger partial charge in [-0.1, -0.05) is 6.07 Å². The quantitative estimate of drug-likeness (QED) is 0.773. The van der Waals surface area contributed by atoms with Crippen LogP contribution in [0.25, 0.3) is 0 Å². The predicted molar refractivity (Wildman–Crippen MR) is 68.4 cm³/mol. The van der Waals surface area contributed by atoms with E-state index in [4.69, 9.17) is 10.00 Å². The number of benzene rings is 1. The molecule has 1 aliphatic rings. The molecule has 0 aliphatic carbocycles. The maximum atomic E-state index is 12.0. The van der Waals surface area contributed by atoms with Crippen LogP contribution in [0.15, 0.2) is 35.4 Å². The Morgan fingerprint density at radius 3 is 2.42 bits per heavy atom. The molecule has 0 unspecified atom stereocenters. The Hall–Kier alpha value is -2.61. The Kier molecular flexibility index (Phi) is 3.34. The Morgan fingerprint density at radius 2 is 1.84 bits per heavy atom. The summed E-state index contributed by atoms with van der Waals surface area (Å²) in [5, 5.41) is 8.46. The third-order valence-electron chi connectivity index (χ3n) is 2.99. The van der Waals surface area contributed by atoms with Gasteiger partial charge < -0.3 is 4.74 Å². The monoisotopic (exact) mass is 256 g/mol. The predicted octanol–water partition coefficient (Wildman–Crippen LogP) is 1.80. The van der Waals surface area contributed by atoms with E-state index in [1.807, 2.05) is 6.07 Å². The summed E-state index contributed by atoms with van der Waals surface area (Å²) in [4.78, 5) is 25.1. The molecule has 0 radical (unpaired) electrons. The minimum absolute atomic E-state index is 0.0817. The van der Waals surface area contributed by atoms with Gasteiger partial charge in [0.15, 0.2) is 6.61 Å². The number of nitriles is 1. The number of anilines is 1. The number of hydrogen-bond acceptors (Lipinski definition) is 4. The normalized spacial score (nSPS) is 14.9. The highest BCUT2D eigenvalue weighted by Gasteiger charge is 2.34. The second-order valence-electron chi connectivity index (χ2n) is 4.14. The van der Waals surface area contributed by atoms with Gasteiger partial charge in [0, 0.05) is 17.2 Å². The van der Waals surface area contributed by atoms with Crippen molar-refractivity contribution < 1.29 is 14.3 Å². The molecule has 2 rings (SSSR count). The molecule has 1 aliphatic heterocycles. The van der Waals surface area contributed by atoms with Crippen molar-refractivity contribution in [1.82, 2.24) is 0 Å². The van der Waals surface area contributed by atoms with Gasteiger partial charge in [0.25, 0.3) is 11.8 Å². The van der Waals surface area contributed by atoms with Crippen LogP contribution in [0, 0.1) is 11.3 Å². The van der Waals surface area contributed by atoms with Crippen molar-refractivity contribution in [3.63, 3.8) is 0 Å². The maximum absolute atomic E-state index is 12.0. The van der Waals surface area contributed by atoms with Crippen LogP contribution in [0.5, 0.6) is 5.75 Å². The molecule has 1 heterocycles. The molecule has 0 aromatic heterocycles. The summed E-state index contributed by atoms with van der Waals surface area (Å²) >= 11 is 0. The average Bonchev–Trinajstić information content (AvgIpc) is 2.61. The van der Waals surface area contributed by atoms with Crippen LogP contribution in [-0.2, 0) is 9.59 Å². The third-order valence-corrected chi connectivity index (χ3v) is 2.99. The summed E-state index contributed by atoms with van der Waals surface area (Å²) in [6.45, 7) is 3.18. The van der Waals surface area contributed by atoms with E-state index in [1.54, 1.807) is 38.1 Å². The fraction of sp³-hybridized carbons (Fsp3) is 0.214. The molecule has 96 valence electrons. The number of carbonyl (C=O) groups excluding carboxylic acids is 2. The van der Waals surface area contributed by atoms with E-state index in [0.29, 0.717) is 22.6 Å². The van der Waals surface area contributed by atoms with Crippen molar-refractivity contribution in [3.05, 3.63) is 35.4 Å². The van der Waals surface area contributed by atoms with Crippen LogP contribution in [0.3, 0.4) is 0 Å². The topological polar surface area (TPSA) is 70.4 Å². The van der Waals surface area contributed by atoms with Crippen LogP contribution in [0.1, 0.15) is 13.8 Å². The molecule has 5 heteroatoms. The molecule has 0 spiro atoms. The summed E-state index contributed by atoms with van der Waals surface area (Å²) in [5.74, 6) is -0.193. The van der Waals surface area contributed by atoms with E-state index in [1.165, 1.54) is 0 Å². The van der Waals surface area contributed by atoms with Crippen LogP contribution < -0.4 is 9.64 Å². The zero-order valence-corrected chi connectivity index (χ0v) is 10.6. The van der Waals surface area contributed by atoms with Crippen molar-refractivity contribution in [2.45, 2.75) is 13.8 Å². The van der Waals surface area contributed by atoms with E-state index < -0.39 is 0 Å². The van der Waals surface area contributed by atoms with Gasteiger partial charge in [0.05, 0.1) is 5.69 Å².